The first-order chi connectivity index (χ1) is 9.72. The molecule has 0 aliphatic carbocycles. The number of benzene rings is 1. The minimum atomic E-state index is -0.199. The van der Waals surface area contributed by atoms with Crippen LogP contribution >= 0.6 is 15.9 Å². The minimum absolute atomic E-state index is 0.0955. The van der Waals surface area contributed by atoms with E-state index >= 15 is 0 Å². The van der Waals surface area contributed by atoms with Gasteiger partial charge in [-0.25, -0.2) is 9.67 Å². The van der Waals surface area contributed by atoms with Gasteiger partial charge in [-0.3, -0.25) is 4.79 Å². The van der Waals surface area contributed by atoms with Crippen molar-refractivity contribution in [1.29, 1.82) is 0 Å². The first-order valence-electron chi connectivity index (χ1n) is 5.92. The zero-order valence-electron chi connectivity index (χ0n) is 10.3. The Balaban J connectivity index is 1.74. The predicted molar refractivity (Wildman–Crippen MR) is 78.1 cm³/mol. The highest BCUT2D eigenvalue weighted by Gasteiger charge is 2.09. The largest absolute Gasteiger partial charge is 0.309 e. The van der Waals surface area contributed by atoms with Crippen molar-refractivity contribution >= 4 is 38.7 Å². The second-order valence-corrected chi connectivity index (χ2v) is 5.06. The van der Waals surface area contributed by atoms with Crippen molar-refractivity contribution in [1.82, 2.24) is 20.0 Å². The molecule has 0 bridgehead atoms. The molecule has 0 fully saturated rings. The summed E-state index contributed by atoms with van der Waals surface area (Å²) in [5.74, 6) is 0.304. The van der Waals surface area contributed by atoms with Crippen LogP contribution in [0, 0.1) is 0 Å². The highest BCUT2D eigenvalue weighted by Crippen LogP contribution is 2.12. The molecule has 0 spiro atoms. The zero-order chi connectivity index (χ0) is 13.9. The molecule has 1 amide bonds. The van der Waals surface area contributed by atoms with Crippen LogP contribution in [0.15, 0.2) is 47.1 Å². The van der Waals surface area contributed by atoms with E-state index < -0.39 is 0 Å². The summed E-state index contributed by atoms with van der Waals surface area (Å²) in [5.41, 5.74) is 1.59. The number of anilines is 1. The average molecular weight is 332 g/mol. The fraction of sp³-hybridized carbons (Fsp3) is 0.0769. The van der Waals surface area contributed by atoms with E-state index in [4.69, 9.17) is 0 Å². The number of amides is 1. The van der Waals surface area contributed by atoms with Gasteiger partial charge in [0, 0.05) is 10.7 Å². The number of carbonyl (C=O) groups excluding carboxylic acids is 1. The van der Waals surface area contributed by atoms with Gasteiger partial charge >= 0.3 is 0 Å². The molecule has 2 heterocycles. The number of carbonyl (C=O) groups is 1. The minimum Gasteiger partial charge on any atom is -0.309 e. The molecular formula is C13H10BrN5O. The third-order valence-electron chi connectivity index (χ3n) is 2.71. The lowest BCUT2D eigenvalue weighted by Crippen LogP contribution is -2.20. The number of hydrogen-bond donors (Lipinski definition) is 1. The summed E-state index contributed by atoms with van der Waals surface area (Å²) in [4.78, 5) is 16.0. The van der Waals surface area contributed by atoms with E-state index in [1.807, 2.05) is 30.3 Å². The standard InChI is InChI=1S/C13H10BrN5O/c14-9-5-6-12(15-7-9)16-13(20)8-19-11-4-2-1-3-10(11)17-18-19/h1-7H,8H2,(H,15,16,20). The Hall–Kier alpha value is -2.28. The molecule has 0 unspecified atom stereocenters. The number of pyridine rings is 1. The van der Waals surface area contributed by atoms with Crippen LogP contribution < -0.4 is 5.32 Å². The molecule has 6 nitrogen and oxygen atoms in total. The molecule has 0 atom stereocenters. The molecule has 100 valence electrons. The smallest absolute Gasteiger partial charge is 0.247 e. The molecule has 3 aromatic rings. The van der Waals surface area contributed by atoms with Crippen LogP contribution in [0.25, 0.3) is 11.0 Å². The number of aromatic nitrogens is 4. The molecule has 0 saturated carbocycles. The van der Waals surface area contributed by atoms with Gasteiger partial charge in [-0.15, -0.1) is 5.10 Å². The van der Waals surface area contributed by atoms with Crippen LogP contribution in [0.5, 0.6) is 0 Å². The Bertz CT molecular complexity index is 753. The van der Waals surface area contributed by atoms with E-state index in [2.05, 4.69) is 36.5 Å². The lowest BCUT2D eigenvalue weighted by molar-refractivity contribution is -0.116. The van der Waals surface area contributed by atoms with Crippen LogP contribution in [0.4, 0.5) is 5.82 Å². The molecule has 20 heavy (non-hydrogen) atoms. The Morgan fingerprint density at radius 3 is 2.90 bits per heavy atom. The zero-order valence-corrected chi connectivity index (χ0v) is 11.9. The summed E-state index contributed by atoms with van der Waals surface area (Å²) in [6, 6.07) is 11.0. The maximum atomic E-state index is 12.0. The van der Waals surface area contributed by atoms with E-state index in [0.29, 0.717) is 5.82 Å². The molecule has 0 aliphatic heterocycles. The number of fused-ring (bicyclic) bond motifs is 1. The van der Waals surface area contributed by atoms with Crippen molar-refractivity contribution in [2.24, 2.45) is 0 Å². The molecule has 1 N–H and O–H groups in total. The molecule has 1 aromatic carbocycles. The molecule has 2 aromatic heterocycles. The van der Waals surface area contributed by atoms with Gasteiger partial charge in [-0.2, -0.15) is 0 Å². The number of hydrogen-bond acceptors (Lipinski definition) is 4. The van der Waals surface area contributed by atoms with Crippen molar-refractivity contribution < 1.29 is 4.79 Å². The second-order valence-electron chi connectivity index (χ2n) is 4.15. The van der Waals surface area contributed by atoms with Gasteiger partial charge < -0.3 is 5.32 Å². The van der Waals surface area contributed by atoms with E-state index in [-0.39, 0.29) is 12.5 Å². The second kappa shape index (κ2) is 5.38. The fourth-order valence-electron chi connectivity index (χ4n) is 1.80. The van der Waals surface area contributed by atoms with Gasteiger partial charge in [0.25, 0.3) is 0 Å². The van der Waals surface area contributed by atoms with Crippen LogP contribution in [-0.4, -0.2) is 25.9 Å². The van der Waals surface area contributed by atoms with Gasteiger partial charge in [0.2, 0.25) is 5.91 Å². The fourth-order valence-corrected chi connectivity index (χ4v) is 2.04. The summed E-state index contributed by atoms with van der Waals surface area (Å²) < 4.78 is 2.42. The van der Waals surface area contributed by atoms with Crippen molar-refractivity contribution in [3.63, 3.8) is 0 Å². The highest BCUT2D eigenvalue weighted by atomic mass is 79.9. The number of rotatable bonds is 3. The molecular weight excluding hydrogens is 322 g/mol. The van der Waals surface area contributed by atoms with E-state index in [1.165, 1.54) is 0 Å². The van der Waals surface area contributed by atoms with Crippen LogP contribution in [-0.2, 0) is 11.3 Å². The summed E-state index contributed by atoms with van der Waals surface area (Å²) >= 11 is 3.29. The summed E-state index contributed by atoms with van der Waals surface area (Å²) in [6.45, 7) is 0.0955. The normalized spacial score (nSPS) is 10.7. The van der Waals surface area contributed by atoms with Crippen molar-refractivity contribution in [2.45, 2.75) is 6.54 Å². The van der Waals surface area contributed by atoms with Gasteiger partial charge in [0.15, 0.2) is 0 Å². The first kappa shape index (κ1) is 12.7. The SMILES string of the molecule is O=C(Cn1nnc2ccccc21)Nc1ccc(Br)cn1. The molecule has 0 aliphatic rings. The van der Waals surface area contributed by atoms with Crippen LogP contribution in [0.2, 0.25) is 0 Å². The summed E-state index contributed by atoms with van der Waals surface area (Å²) in [6.07, 6.45) is 1.63. The quantitative estimate of drug-likeness (QED) is 0.798. The molecule has 7 heteroatoms. The summed E-state index contributed by atoms with van der Waals surface area (Å²) in [5, 5.41) is 10.7. The maximum absolute atomic E-state index is 12.0. The number of para-hydroxylation sites is 1. The summed E-state index contributed by atoms with van der Waals surface area (Å²) in [7, 11) is 0. The van der Waals surface area contributed by atoms with Gasteiger partial charge in [0.1, 0.15) is 17.9 Å². The van der Waals surface area contributed by atoms with E-state index in [1.54, 1.807) is 16.9 Å². The molecule has 0 radical (unpaired) electrons. The Kier molecular flexibility index (Phi) is 3.42. The molecule has 3 rings (SSSR count). The van der Waals surface area contributed by atoms with Crippen molar-refractivity contribution in [2.75, 3.05) is 5.32 Å². The van der Waals surface area contributed by atoms with Crippen LogP contribution in [0.3, 0.4) is 0 Å². The average Bonchev–Trinajstić information content (AvgIpc) is 2.85. The Labute approximate surface area is 122 Å². The highest BCUT2D eigenvalue weighted by molar-refractivity contribution is 9.10. The van der Waals surface area contributed by atoms with Crippen molar-refractivity contribution in [3.05, 3.63) is 47.1 Å². The lowest BCUT2D eigenvalue weighted by atomic mass is 10.3. The van der Waals surface area contributed by atoms with E-state index in [9.17, 15) is 4.79 Å². The third-order valence-corrected chi connectivity index (χ3v) is 3.18. The lowest BCUT2D eigenvalue weighted by Gasteiger charge is -2.04. The van der Waals surface area contributed by atoms with E-state index in [0.717, 1.165) is 15.5 Å². The third kappa shape index (κ3) is 2.67. The Morgan fingerprint density at radius 1 is 1.25 bits per heavy atom. The topological polar surface area (TPSA) is 72.7 Å². The van der Waals surface area contributed by atoms with Crippen molar-refractivity contribution in [3.8, 4) is 0 Å². The molecule has 0 saturated heterocycles. The van der Waals surface area contributed by atoms with Gasteiger partial charge in [0.05, 0.1) is 5.52 Å². The maximum Gasteiger partial charge on any atom is 0.247 e. The number of nitrogens with zero attached hydrogens (tertiary/aromatic N) is 4. The first-order valence-corrected chi connectivity index (χ1v) is 6.71. The monoisotopic (exact) mass is 331 g/mol. The number of nitrogens with one attached hydrogen (secondary N) is 1. The Morgan fingerprint density at radius 2 is 2.10 bits per heavy atom. The number of halogens is 1. The predicted octanol–water partition coefficient (Wildman–Crippen LogP) is 2.23. The van der Waals surface area contributed by atoms with Gasteiger partial charge in [-0.05, 0) is 40.2 Å². The van der Waals surface area contributed by atoms with Gasteiger partial charge in [-0.1, -0.05) is 17.3 Å². The van der Waals surface area contributed by atoms with Crippen LogP contribution in [0.1, 0.15) is 0 Å².